The molecule has 0 bridgehead atoms. The molecule has 1 nitrogen and oxygen atoms in total. The third-order valence-corrected chi connectivity index (χ3v) is 18.5. The van der Waals surface area contributed by atoms with Gasteiger partial charge in [-0.25, -0.2) is 0 Å². The van der Waals surface area contributed by atoms with Crippen LogP contribution < -0.4 is 15.6 Å². The second-order valence-electron chi connectivity index (χ2n) is 11.2. The van der Waals surface area contributed by atoms with Crippen molar-refractivity contribution in [1.82, 2.24) is 4.90 Å². The Kier molecular flexibility index (Phi) is 11.0. The average Bonchev–Trinajstić information content (AvgIpc) is 2.94. The number of nitrogens with zero attached hydrogens (tertiary/aromatic N) is 1. The number of hydrogen-bond acceptors (Lipinski definition) is 1. The Morgan fingerprint density at radius 1 is 0.564 bits per heavy atom. The van der Waals surface area contributed by atoms with E-state index in [1.165, 1.54) is 15.6 Å². The minimum absolute atomic E-state index is 0.541. The molecular formula is C36H43NSi2. The van der Waals surface area contributed by atoms with Crippen LogP contribution in [0.5, 0.6) is 0 Å². The molecular weight excluding hydrogens is 503 g/mol. The van der Waals surface area contributed by atoms with Gasteiger partial charge in [-0.1, -0.05) is 150 Å². The van der Waals surface area contributed by atoms with Crippen molar-refractivity contribution in [2.45, 2.75) is 58.2 Å². The van der Waals surface area contributed by atoms with Gasteiger partial charge in [0.1, 0.15) is 8.07 Å². The molecule has 0 atom stereocenters. The molecule has 0 spiro atoms. The zero-order valence-corrected chi connectivity index (χ0v) is 26.5. The predicted octanol–water partition coefficient (Wildman–Crippen LogP) is 5.86. The van der Waals surface area contributed by atoms with E-state index in [0.717, 1.165) is 0 Å². The van der Waals surface area contributed by atoms with Gasteiger partial charge in [-0.2, -0.15) is 0 Å². The van der Waals surface area contributed by atoms with Crippen LogP contribution in [0.15, 0.2) is 91.0 Å². The molecule has 0 fully saturated rings. The van der Waals surface area contributed by atoms with Gasteiger partial charge >= 0.3 is 0 Å². The van der Waals surface area contributed by atoms with Crippen molar-refractivity contribution >= 4 is 31.7 Å². The summed E-state index contributed by atoms with van der Waals surface area (Å²) >= 11 is 0. The Balaban J connectivity index is 2.03. The Morgan fingerprint density at radius 2 is 0.923 bits per heavy atom. The van der Waals surface area contributed by atoms with Crippen molar-refractivity contribution in [3.63, 3.8) is 0 Å². The second kappa shape index (κ2) is 14.2. The summed E-state index contributed by atoms with van der Waals surface area (Å²) in [5.74, 6) is 10.0. The van der Waals surface area contributed by atoms with Gasteiger partial charge in [0.15, 0.2) is 0 Å². The molecule has 39 heavy (non-hydrogen) atoms. The van der Waals surface area contributed by atoms with Crippen molar-refractivity contribution in [1.29, 1.82) is 0 Å². The Morgan fingerprint density at radius 3 is 1.26 bits per heavy atom. The summed E-state index contributed by atoms with van der Waals surface area (Å²) in [4.78, 5) is 2.21. The predicted molar refractivity (Wildman–Crippen MR) is 176 cm³/mol. The van der Waals surface area contributed by atoms with E-state index in [2.05, 4.69) is 166 Å². The van der Waals surface area contributed by atoms with Gasteiger partial charge in [-0.3, -0.25) is 4.90 Å². The molecule has 0 saturated heterocycles. The maximum Gasteiger partial charge on any atom is 0.229 e. The van der Waals surface area contributed by atoms with E-state index in [-0.39, 0.29) is 0 Å². The molecule has 0 aromatic heterocycles. The third kappa shape index (κ3) is 6.85. The van der Waals surface area contributed by atoms with Gasteiger partial charge in [0.05, 0.1) is 19.6 Å². The summed E-state index contributed by atoms with van der Waals surface area (Å²) < 4.78 is 0. The van der Waals surface area contributed by atoms with Crippen LogP contribution in [0.25, 0.3) is 0 Å². The van der Waals surface area contributed by atoms with Gasteiger partial charge in [-0.05, 0) is 32.2 Å². The minimum Gasteiger partial charge on any atom is -0.270 e. The summed E-state index contributed by atoms with van der Waals surface area (Å²) in [6, 6.07) is 32.4. The topological polar surface area (TPSA) is 3.24 Å². The van der Waals surface area contributed by atoms with Crippen LogP contribution in [-0.4, -0.2) is 40.7 Å². The van der Waals surface area contributed by atoms with Gasteiger partial charge in [-0.15, -0.1) is 17.5 Å². The fourth-order valence-electron chi connectivity index (χ4n) is 6.10. The molecule has 0 radical (unpaired) electrons. The van der Waals surface area contributed by atoms with E-state index in [4.69, 9.17) is 6.42 Å². The largest absolute Gasteiger partial charge is 0.270 e. The molecule has 200 valence electrons. The van der Waals surface area contributed by atoms with E-state index < -0.39 is 16.1 Å². The lowest BCUT2D eigenvalue weighted by atomic mass is 10.3. The first-order valence-corrected chi connectivity index (χ1v) is 18.3. The van der Waals surface area contributed by atoms with E-state index in [1.807, 2.05) is 0 Å². The van der Waals surface area contributed by atoms with Gasteiger partial charge in [0, 0.05) is 0 Å². The molecule has 0 aliphatic carbocycles. The third-order valence-electron chi connectivity index (χ3n) is 7.99. The van der Waals surface area contributed by atoms with E-state index in [1.54, 1.807) is 0 Å². The first-order valence-electron chi connectivity index (χ1n) is 14.1. The first-order chi connectivity index (χ1) is 18.8. The van der Waals surface area contributed by atoms with Crippen molar-refractivity contribution in [2.75, 3.05) is 19.6 Å². The number of benzene rings is 3. The molecule has 0 heterocycles. The molecule has 0 unspecified atom stereocenters. The fourth-order valence-corrected chi connectivity index (χ4v) is 15.2. The number of rotatable bonds is 9. The van der Waals surface area contributed by atoms with Crippen LogP contribution in [0.1, 0.15) is 41.5 Å². The minimum atomic E-state index is -2.59. The Labute approximate surface area is 240 Å². The smallest absolute Gasteiger partial charge is 0.229 e. The highest BCUT2D eigenvalue weighted by atomic mass is 28.3. The molecule has 3 rings (SSSR count). The molecule has 0 aliphatic rings. The maximum atomic E-state index is 5.79. The lowest BCUT2D eigenvalue weighted by Gasteiger charge is -2.38. The van der Waals surface area contributed by atoms with Crippen LogP contribution in [0.3, 0.4) is 0 Å². The van der Waals surface area contributed by atoms with Crippen LogP contribution >= 0.6 is 0 Å². The van der Waals surface area contributed by atoms with E-state index in [9.17, 15) is 0 Å². The lowest BCUT2D eigenvalue weighted by molar-refractivity contribution is 0.390. The van der Waals surface area contributed by atoms with Crippen molar-refractivity contribution in [3.8, 4) is 35.3 Å². The van der Waals surface area contributed by atoms with Crippen LogP contribution in [0.2, 0.25) is 16.6 Å². The molecule has 3 heteroatoms. The maximum absolute atomic E-state index is 5.79. The first kappa shape index (κ1) is 30.3. The molecule has 0 amide bonds. The monoisotopic (exact) mass is 545 g/mol. The van der Waals surface area contributed by atoms with Gasteiger partial charge in [0.25, 0.3) is 0 Å². The quantitative estimate of drug-likeness (QED) is 0.185. The van der Waals surface area contributed by atoms with Crippen LogP contribution in [-0.2, 0) is 0 Å². The van der Waals surface area contributed by atoms with E-state index in [0.29, 0.717) is 36.3 Å². The summed E-state index contributed by atoms with van der Waals surface area (Å²) in [6.07, 6.45) is 5.79. The van der Waals surface area contributed by atoms with E-state index >= 15 is 0 Å². The Hall–Kier alpha value is -3.27. The Bertz CT molecular complexity index is 1210. The van der Waals surface area contributed by atoms with Crippen molar-refractivity contribution in [2.24, 2.45) is 0 Å². The SMILES string of the molecule is C#CCN(CC#C[Si](c1ccccc1)(c1ccccc1)c1ccccc1)CC#C[Si](C(C)C)(C(C)C)C(C)C. The van der Waals surface area contributed by atoms with Crippen LogP contribution in [0.4, 0.5) is 0 Å². The zero-order chi connectivity index (χ0) is 28.3. The highest BCUT2D eigenvalue weighted by molar-refractivity contribution is 7.16. The average molecular weight is 546 g/mol. The van der Waals surface area contributed by atoms with Gasteiger partial charge in [0.2, 0.25) is 8.07 Å². The van der Waals surface area contributed by atoms with Crippen molar-refractivity contribution < 1.29 is 0 Å². The summed E-state index contributed by atoms with van der Waals surface area (Å²) in [5.41, 5.74) is 9.55. The molecule has 0 N–H and O–H groups in total. The second-order valence-corrected chi connectivity index (χ2v) is 20.3. The highest BCUT2D eigenvalue weighted by Gasteiger charge is 2.41. The lowest BCUT2D eigenvalue weighted by Crippen LogP contribution is -2.66. The normalized spacial score (nSPS) is 11.6. The number of terminal acetylenes is 1. The van der Waals surface area contributed by atoms with Crippen LogP contribution in [0, 0.1) is 35.3 Å². The summed E-state index contributed by atoms with van der Waals surface area (Å²) in [7, 11) is -4.37. The molecule has 0 saturated carbocycles. The number of hydrogen-bond donors (Lipinski definition) is 0. The fraction of sp³-hybridized carbons (Fsp3) is 0.333. The molecule has 3 aromatic rings. The molecule has 3 aromatic carbocycles. The van der Waals surface area contributed by atoms with Crippen molar-refractivity contribution in [3.05, 3.63) is 91.0 Å². The summed E-state index contributed by atoms with van der Waals surface area (Å²) in [6.45, 7) is 15.9. The standard InChI is InChI=1S/C36H43NSi2/c1-8-26-37(27-18-29-38(31(2)3,32(4)5)33(6)7)28-19-30-39(34-20-12-9-13-21-34,35-22-14-10-15-23-35)36-24-16-11-17-25-36/h1,9-17,20-25,31-33H,26-28H2,2-7H3. The summed E-state index contributed by atoms with van der Waals surface area (Å²) in [5, 5.41) is 3.87. The molecule has 0 aliphatic heterocycles. The van der Waals surface area contributed by atoms with Gasteiger partial charge < -0.3 is 0 Å². The highest BCUT2D eigenvalue weighted by Crippen LogP contribution is 2.40. The zero-order valence-electron chi connectivity index (χ0n) is 24.5.